The zero-order valence-electron chi connectivity index (χ0n) is 12.6. The Morgan fingerprint density at radius 1 is 1.30 bits per heavy atom. The van der Waals surface area contributed by atoms with Crippen LogP contribution in [0.25, 0.3) is 0 Å². The smallest absolute Gasteiger partial charge is 0.169 e. The van der Waals surface area contributed by atoms with Gasteiger partial charge in [-0.2, -0.15) is 0 Å². The summed E-state index contributed by atoms with van der Waals surface area (Å²) < 4.78 is 7.56. The van der Waals surface area contributed by atoms with E-state index in [9.17, 15) is 0 Å². The summed E-state index contributed by atoms with van der Waals surface area (Å²) in [7, 11) is 0. The zero-order chi connectivity index (χ0) is 14.8. The summed E-state index contributed by atoms with van der Waals surface area (Å²) >= 11 is 0. The highest BCUT2D eigenvalue weighted by Gasteiger charge is 2.23. The fourth-order valence-corrected chi connectivity index (χ4v) is 2.21. The number of aromatic nitrogens is 3. The SMILES string of the molecule is Cc1cccc(OCCn2nnc(N)c2C(C)(C)C)c1. The molecule has 5 nitrogen and oxygen atoms in total. The minimum atomic E-state index is -0.0864. The van der Waals surface area contributed by atoms with Crippen molar-refractivity contribution in [3.05, 3.63) is 35.5 Å². The zero-order valence-corrected chi connectivity index (χ0v) is 12.6. The van der Waals surface area contributed by atoms with Crippen molar-refractivity contribution in [2.45, 2.75) is 39.7 Å². The first-order valence-electron chi connectivity index (χ1n) is 6.77. The molecule has 0 amide bonds. The van der Waals surface area contributed by atoms with E-state index in [1.807, 2.05) is 35.9 Å². The third-order valence-electron chi connectivity index (χ3n) is 3.03. The van der Waals surface area contributed by atoms with Crippen LogP contribution in [0.3, 0.4) is 0 Å². The van der Waals surface area contributed by atoms with Gasteiger partial charge in [-0.3, -0.25) is 0 Å². The highest BCUT2D eigenvalue weighted by molar-refractivity contribution is 5.37. The van der Waals surface area contributed by atoms with Gasteiger partial charge in [0.15, 0.2) is 5.82 Å². The van der Waals surface area contributed by atoms with E-state index in [-0.39, 0.29) is 5.41 Å². The van der Waals surface area contributed by atoms with Crippen molar-refractivity contribution in [3.63, 3.8) is 0 Å². The van der Waals surface area contributed by atoms with Crippen LogP contribution in [0.15, 0.2) is 24.3 Å². The number of nitrogen functional groups attached to an aromatic ring is 1. The number of rotatable bonds is 4. The Morgan fingerprint density at radius 2 is 2.05 bits per heavy atom. The molecule has 0 spiro atoms. The van der Waals surface area contributed by atoms with Gasteiger partial charge in [0.1, 0.15) is 12.4 Å². The van der Waals surface area contributed by atoms with Crippen LogP contribution in [0, 0.1) is 6.92 Å². The molecule has 0 unspecified atom stereocenters. The van der Waals surface area contributed by atoms with Crippen LogP contribution < -0.4 is 10.5 Å². The average Bonchev–Trinajstić information content (AvgIpc) is 2.70. The fraction of sp³-hybridized carbons (Fsp3) is 0.467. The van der Waals surface area contributed by atoms with Crippen LogP contribution in [0.2, 0.25) is 0 Å². The predicted molar refractivity (Wildman–Crippen MR) is 79.8 cm³/mol. The summed E-state index contributed by atoms with van der Waals surface area (Å²) in [6, 6.07) is 8.00. The second-order valence-electron chi connectivity index (χ2n) is 5.96. The fourth-order valence-electron chi connectivity index (χ4n) is 2.21. The summed E-state index contributed by atoms with van der Waals surface area (Å²) in [6.07, 6.45) is 0. The lowest BCUT2D eigenvalue weighted by Gasteiger charge is -2.20. The van der Waals surface area contributed by atoms with E-state index in [0.29, 0.717) is 19.0 Å². The Hall–Kier alpha value is -2.04. The molecule has 0 atom stereocenters. The first kappa shape index (κ1) is 14.4. The molecule has 5 heteroatoms. The summed E-state index contributed by atoms with van der Waals surface area (Å²) in [5.74, 6) is 1.36. The van der Waals surface area contributed by atoms with Crippen LogP contribution in [0.5, 0.6) is 5.75 Å². The standard InChI is InChI=1S/C15H22N4O/c1-11-6-5-7-12(10-11)20-9-8-19-13(15(2,3)4)14(16)17-18-19/h5-7,10H,8-9,16H2,1-4H3. The number of ether oxygens (including phenoxy) is 1. The highest BCUT2D eigenvalue weighted by Crippen LogP contribution is 2.25. The van der Waals surface area contributed by atoms with Gasteiger partial charge in [0.2, 0.25) is 0 Å². The van der Waals surface area contributed by atoms with Crippen LogP contribution in [0.1, 0.15) is 32.0 Å². The second kappa shape index (κ2) is 5.53. The molecule has 2 aromatic rings. The quantitative estimate of drug-likeness (QED) is 0.930. The molecule has 0 saturated heterocycles. The average molecular weight is 274 g/mol. The topological polar surface area (TPSA) is 66.0 Å². The maximum Gasteiger partial charge on any atom is 0.169 e. The van der Waals surface area contributed by atoms with Crippen molar-refractivity contribution >= 4 is 5.82 Å². The normalized spacial score (nSPS) is 11.6. The maximum absolute atomic E-state index is 5.89. The van der Waals surface area contributed by atoms with Gasteiger partial charge in [-0.1, -0.05) is 38.1 Å². The molecular formula is C15H22N4O. The lowest BCUT2D eigenvalue weighted by atomic mass is 9.92. The molecule has 0 saturated carbocycles. The summed E-state index contributed by atoms with van der Waals surface area (Å²) in [4.78, 5) is 0. The number of nitrogens with zero attached hydrogens (tertiary/aromatic N) is 3. The Morgan fingerprint density at radius 3 is 2.70 bits per heavy atom. The van der Waals surface area contributed by atoms with Gasteiger partial charge in [0.25, 0.3) is 0 Å². The molecule has 0 bridgehead atoms. The van der Waals surface area contributed by atoms with Crippen molar-refractivity contribution in [1.82, 2.24) is 15.0 Å². The molecule has 0 radical (unpaired) electrons. The van der Waals surface area contributed by atoms with Crippen molar-refractivity contribution < 1.29 is 4.74 Å². The maximum atomic E-state index is 5.89. The van der Waals surface area contributed by atoms with Gasteiger partial charge in [-0.15, -0.1) is 5.10 Å². The van der Waals surface area contributed by atoms with Crippen LogP contribution in [-0.2, 0) is 12.0 Å². The summed E-state index contributed by atoms with van der Waals surface area (Å²) in [5.41, 5.74) is 7.94. The predicted octanol–water partition coefficient (Wildman–Crippen LogP) is 2.55. The van der Waals surface area contributed by atoms with Crippen LogP contribution >= 0.6 is 0 Å². The molecule has 0 aliphatic rings. The number of benzene rings is 1. The van der Waals surface area contributed by atoms with E-state index in [0.717, 1.165) is 11.4 Å². The van der Waals surface area contributed by atoms with E-state index in [1.165, 1.54) is 5.56 Å². The van der Waals surface area contributed by atoms with Gasteiger partial charge < -0.3 is 10.5 Å². The first-order valence-corrected chi connectivity index (χ1v) is 6.77. The Balaban J connectivity index is 2.02. The lowest BCUT2D eigenvalue weighted by Crippen LogP contribution is -2.22. The van der Waals surface area contributed by atoms with Crippen molar-refractivity contribution in [1.29, 1.82) is 0 Å². The molecule has 1 aromatic heterocycles. The molecule has 2 N–H and O–H groups in total. The Labute approximate surface area is 119 Å². The van der Waals surface area contributed by atoms with Gasteiger partial charge in [-0.25, -0.2) is 4.68 Å². The van der Waals surface area contributed by atoms with Gasteiger partial charge in [-0.05, 0) is 24.6 Å². The van der Waals surface area contributed by atoms with E-state index in [4.69, 9.17) is 10.5 Å². The van der Waals surface area contributed by atoms with Gasteiger partial charge in [0, 0.05) is 5.41 Å². The first-order chi connectivity index (χ1) is 9.38. The van der Waals surface area contributed by atoms with Gasteiger partial charge in [0.05, 0.1) is 12.2 Å². The van der Waals surface area contributed by atoms with Crippen molar-refractivity contribution in [3.8, 4) is 5.75 Å². The lowest BCUT2D eigenvalue weighted by molar-refractivity contribution is 0.283. The summed E-state index contributed by atoms with van der Waals surface area (Å²) in [6.45, 7) is 9.50. The highest BCUT2D eigenvalue weighted by atomic mass is 16.5. The molecule has 108 valence electrons. The van der Waals surface area contributed by atoms with E-state index in [1.54, 1.807) is 0 Å². The third kappa shape index (κ3) is 3.29. The third-order valence-corrected chi connectivity index (χ3v) is 3.03. The van der Waals surface area contributed by atoms with E-state index < -0.39 is 0 Å². The van der Waals surface area contributed by atoms with Gasteiger partial charge >= 0.3 is 0 Å². The molecule has 0 fully saturated rings. The monoisotopic (exact) mass is 274 g/mol. The summed E-state index contributed by atoms with van der Waals surface area (Å²) in [5, 5.41) is 8.05. The number of hydrogen-bond acceptors (Lipinski definition) is 4. The van der Waals surface area contributed by atoms with E-state index >= 15 is 0 Å². The molecule has 1 heterocycles. The number of aryl methyl sites for hydroxylation is 1. The van der Waals surface area contributed by atoms with E-state index in [2.05, 4.69) is 31.1 Å². The number of anilines is 1. The molecular weight excluding hydrogens is 252 g/mol. The van der Waals surface area contributed by atoms with Crippen LogP contribution in [0.4, 0.5) is 5.82 Å². The van der Waals surface area contributed by atoms with Crippen LogP contribution in [-0.4, -0.2) is 21.6 Å². The number of nitrogens with two attached hydrogens (primary N) is 1. The molecule has 0 aliphatic heterocycles. The molecule has 20 heavy (non-hydrogen) atoms. The molecule has 2 rings (SSSR count). The molecule has 1 aromatic carbocycles. The molecule has 0 aliphatic carbocycles. The second-order valence-corrected chi connectivity index (χ2v) is 5.96. The minimum absolute atomic E-state index is 0.0864. The largest absolute Gasteiger partial charge is 0.492 e. The number of hydrogen-bond donors (Lipinski definition) is 1. The Bertz CT molecular complexity index is 584. The van der Waals surface area contributed by atoms with Crippen molar-refractivity contribution in [2.75, 3.05) is 12.3 Å². The minimum Gasteiger partial charge on any atom is -0.492 e. The van der Waals surface area contributed by atoms with Crippen molar-refractivity contribution in [2.24, 2.45) is 0 Å². The Kier molecular flexibility index (Phi) is 3.97.